The monoisotopic (exact) mass is 1430 g/mol. The minimum Gasteiger partial charge on any atom is -0.489 e. The van der Waals surface area contributed by atoms with Crippen molar-refractivity contribution in [3.05, 3.63) is 208 Å². The fourth-order valence-corrected chi connectivity index (χ4v) is 19.0. The maximum atomic E-state index is 15.3. The summed E-state index contributed by atoms with van der Waals surface area (Å²) in [6.07, 6.45) is 8.85. The van der Waals surface area contributed by atoms with Crippen molar-refractivity contribution < 1.29 is 42.8 Å². The molecule has 14 rings (SSSR count). The maximum Gasteiger partial charge on any atom is 0.238 e. The molecule has 0 fully saturated rings. The van der Waals surface area contributed by atoms with Crippen molar-refractivity contribution in [3.8, 4) is 90.5 Å². The van der Waals surface area contributed by atoms with Gasteiger partial charge in [0.25, 0.3) is 0 Å². The predicted octanol–water partition coefficient (Wildman–Crippen LogP) is 22.3. The summed E-state index contributed by atoms with van der Waals surface area (Å²) in [6.45, 7) is 35.8. The predicted molar refractivity (Wildman–Crippen MR) is 433 cm³/mol. The van der Waals surface area contributed by atoms with E-state index in [0.717, 1.165) is 209 Å². The number of fused-ring (bicyclic) bond motifs is 12. The Morgan fingerprint density at radius 2 is 0.629 bits per heavy atom. The molecule has 1 N–H and O–H groups in total. The maximum absolute atomic E-state index is 15.3. The van der Waals surface area contributed by atoms with Gasteiger partial charge in [-0.05, 0) is 246 Å². The number of ether oxygens (including phenoxy) is 8. The van der Waals surface area contributed by atoms with Gasteiger partial charge in [-0.1, -0.05) is 209 Å². The SMILES string of the molecule is CCC(C)COc1cc2c(cc1OCC(C)CC)C13c4ccccc4-c4ccc(cc41)[P+](O)(c1ccccc1)c1ccc4c(c1)C1(c5ccccc5-4)c4cc(OCC(C)CC)c(OCC(C)CC)cc4-c4cc(OCC(C)CC)c(cc41)OCC(C)CCCC(C)COc1cc3c-2cc1OCC(C)CC. The molecule has 8 bridgehead atoms. The summed E-state index contributed by atoms with van der Waals surface area (Å²) in [5, 5.41) is 2.55. The second-order valence-electron chi connectivity index (χ2n) is 32.1. The molecule has 0 saturated carbocycles. The van der Waals surface area contributed by atoms with Crippen molar-refractivity contribution in [2.24, 2.45) is 47.3 Å². The lowest BCUT2D eigenvalue weighted by atomic mass is 9.70. The van der Waals surface area contributed by atoms with Crippen molar-refractivity contribution >= 4 is 23.4 Å². The summed E-state index contributed by atoms with van der Waals surface area (Å²) in [4.78, 5) is 15.3. The molecule has 9 nitrogen and oxygen atoms in total. The van der Waals surface area contributed by atoms with Gasteiger partial charge in [-0.3, -0.25) is 0 Å². The molecule has 2 spiro atoms. The standard InChI is InChI=1S/C95H112O9P/c1-15-59(7)51-97-86-43-74-76-45-88(99-53-61(9)17-3)92-49-84(76)94(82(74)47-90(86)101-55-63(11)19-5)78-35-26-24-33-70(78)72-39-37-68(41-80(72)94)105(96,67-31-22-21-23-32-67)69-38-40-73-71-34-25-27-36-79(71)95(81(73)42-69)83-48-91(102-56-64(12)20-6)87(98-52-60(8)16-2)44-75(83)77-46-89(100-54-62(10)18-4)93(50-85(77)95)104-58-66(14)30-28-29-65(13)57-103-92/h21-27,31-50,59-66,96H,15-20,28-30,51-58H2,1-14H3/q+1. The van der Waals surface area contributed by atoms with Crippen LogP contribution in [0.5, 0.6) is 46.0 Å². The summed E-state index contributed by atoms with van der Waals surface area (Å²) >= 11 is 0. The lowest BCUT2D eigenvalue weighted by Gasteiger charge is -2.33. The molecule has 10 unspecified atom stereocenters. The highest BCUT2D eigenvalue weighted by Gasteiger charge is 2.58. The van der Waals surface area contributed by atoms with Crippen LogP contribution in [-0.2, 0) is 10.8 Å². The summed E-state index contributed by atoms with van der Waals surface area (Å²) in [5.41, 5.74) is 15.8. The Balaban J connectivity index is 1.07. The summed E-state index contributed by atoms with van der Waals surface area (Å²) in [6, 6.07) is 60.7. The van der Waals surface area contributed by atoms with Crippen LogP contribution in [0.25, 0.3) is 44.5 Å². The first-order valence-electron chi connectivity index (χ1n) is 39.9. The third-order valence-electron chi connectivity index (χ3n) is 24.2. The Bertz CT molecular complexity index is 4350. The molecular weight excluding hydrogens is 1320 g/mol. The minimum atomic E-state index is -3.66. The van der Waals surface area contributed by atoms with Crippen molar-refractivity contribution in [2.75, 3.05) is 52.9 Å². The molecular formula is C95H112O9P+. The lowest BCUT2D eigenvalue weighted by molar-refractivity contribution is 0.204. The van der Waals surface area contributed by atoms with Crippen LogP contribution in [0.4, 0.5) is 0 Å². The second-order valence-corrected chi connectivity index (χ2v) is 34.9. The average Bonchev–Trinajstić information content (AvgIpc) is 1.51. The highest BCUT2D eigenvalue weighted by molar-refractivity contribution is 7.91. The molecule has 0 amide bonds. The van der Waals surface area contributed by atoms with Gasteiger partial charge in [0, 0.05) is 0 Å². The Kier molecular flexibility index (Phi) is 21.7. The Morgan fingerprint density at radius 3 is 0.990 bits per heavy atom. The summed E-state index contributed by atoms with van der Waals surface area (Å²) in [5.74, 6) is 8.22. The normalized spacial score (nSPS) is 21.0. The Morgan fingerprint density at radius 1 is 0.333 bits per heavy atom. The summed E-state index contributed by atoms with van der Waals surface area (Å²) in [7, 11) is -3.66. The van der Waals surface area contributed by atoms with Crippen molar-refractivity contribution in [2.45, 2.75) is 166 Å². The summed E-state index contributed by atoms with van der Waals surface area (Å²) < 4.78 is 56.9. The molecule has 1 heterocycles. The average molecular weight is 1430 g/mol. The van der Waals surface area contributed by atoms with E-state index in [2.05, 4.69) is 261 Å². The molecule has 9 aromatic rings. The van der Waals surface area contributed by atoms with Crippen LogP contribution in [0.3, 0.4) is 0 Å². The van der Waals surface area contributed by atoms with Crippen molar-refractivity contribution in [3.63, 3.8) is 0 Å². The van der Waals surface area contributed by atoms with Gasteiger partial charge in [0.2, 0.25) is 7.49 Å². The molecule has 10 atom stereocenters. The van der Waals surface area contributed by atoms with Gasteiger partial charge in [-0.15, -0.1) is 0 Å². The molecule has 105 heavy (non-hydrogen) atoms. The van der Waals surface area contributed by atoms with Crippen LogP contribution >= 0.6 is 7.49 Å². The zero-order valence-corrected chi connectivity index (χ0v) is 65.8. The largest absolute Gasteiger partial charge is 0.489 e. The Hall–Kier alpha value is -8.23. The third-order valence-corrected chi connectivity index (χ3v) is 27.3. The smallest absolute Gasteiger partial charge is 0.238 e. The first kappa shape index (κ1) is 73.7. The van der Waals surface area contributed by atoms with Crippen molar-refractivity contribution in [1.82, 2.24) is 0 Å². The lowest BCUT2D eigenvalue weighted by Crippen LogP contribution is -2.34. The highest BCUT2D eigenvalue weighted by Crippen LogP contribution is 2.69. The van der Waals surface area contributed by atoms with Crippen molar-refractivity contribution in [1.29, 1.82) is 0 Å². The molecule has 550 valence electrons. The molecule has 5 aliphatic rings. The van der Waals surface area contributed by atoms with E-state index < -0.39 is 18.3 Å². The van der Waals surface area contributed by atoms with E-state index in [1.54, 1.807) is 0 Å². The fourth-order valence-electron chi connectivity index (χ4n) is 16.3. The fraction of sp³-hybridized carbons (Fsp3) is 0.432. The quantitative estimate of drug-likeness (QED) is 0.0562. The van der Waals surface area contributed by atoms with Crippen LogP contribution in [0, 0.1) is 47.3 Å². The molecule has 10 heteroatoms. The second kappa shape index (κ2) is 30.9. The van der Waals surface area contributed by atoms with Gasteiger partial charge in [0.1, 0.15) is 15.9 Å². The molecule has 0 radical (unpaired) electrons. The minimum absolute atomic E-state index is 0.226. The van der Waals surface area contributed by atoms with Gasteiger partial charge in [-0.2, -0.15) is 0 Å². The molecule has 0 aromatic heterocycles. The first-order valence-corrected chi connectivity index (χ1v) is 41.6. The van der Waals surface area contributed by atoms with Gasteiger partial charge >= 0.3 is 0 Å². The number of hydrogen-bond acceptors (Lipinski definition) is 9. The number of hydrogen-bond donors (Lipinski definition) is 1. The van der Waals surface area contributed by atoms with E-state index in [1.807, 2.05) is 0 Å². The van der Waals surface area contributed by atoms with Crippen LogP contribution in [0.15, 0.2) is 164 Å². The van der Waals surface area contributed by atoms with Gasteiger partial charge in [-0.25, -0.2) is 4.89 Å². The topological polar surface area (TPSA) is 94.1 Å². The first-order chi connectivity index (χ1) is 50.9. The van der Waals surface area contributed by atoms with Crippen LogP contribution < -0.4 is 53.8 Å². The van der Waals surface area contributed by atoms with E-state index in [9.17, 15) is 0 Å². The van der Waals surface area contributed by atoms with E-state index in [1.165, 1.54) is 0 Å². The van der Waals surface area contributed by atoms with Crippen LogP contribution in [0.2, 0.25) is 0 Å². The Labute approximate surface area is 627 Å². The number of rotatable bonds is 25. The third kappa shape index (κ3) is 13.3. The highest BCUT2D eigenvalue weighted by atomic mass is 31.2. The van der Waals surface area contributed by atoms with E-state index >= 15 is 4.89 Å². The molecule has 9 aromatic carbocycles. The molecule has 1 aliphatic heterocycles. The van der Waals surface area contributed by atoms with E-state index in [-0.39, 0.29) is 11.8 Å². The van der Waals surface area contributed by atoms with Gasteiger partial charge in [0.05, 0.1) is 63.7 Å². The number of benzene rings is 9. The van der Waals surface area contributed by atoms with Crippen LogP contribution in [-0.4, -0.2) is 57.7 Å². The molecule has 0 saturated heterocycles. The van der Waals surface area contributed by atoms with Gasteiger partial charge < -0.3 is 37.9 Å². The molecule has 4 aliphatic carbocycles. The van der Waals surface area contributed by atoms with Crippen LogP contribution in [0.1, 0.15) is 199 Å². The van der Waals surface area contributed by atoms with Gasteiger partial charge in [0.15, 0.2) is 46.0 Å². The van der Waals surface area contributed by atoms with E-state index in [0.29, 0.717) is 88.4 Å². The van der Waals surface area contributed by atoms with E-state index in [4.69, 9.17) is 37.9 Å². The zero-order valence-electron chi connectivity index (χ0n) is 64.9. The zero-order chi connectivity index (χ0) is 73.5.